The number of carbonyl (C=O) groups excluding carboxylic acids is 2. The Morgan fingerprint density at radius 2 is 1.71 bits per heavy atom. The highest BCUT2D eigenvalue weighted by molar-refractivity contribution is 6.00. The molecule has 1 fully saturated rings. The molecule has 0 radical (unpaired) electrons. The second-order valence-electron chi connectivity index (χ2n) is 10.7. The summed E-state index contributed by atoms with van der Waals surface area (Å²) in [7, 11) is 0. The summed E-state index contributed by atoms with van der Waals surface area (Å²) in [6.45, 7) is 2.61. The molecule has 0 heterocycles. The first-order valence-corrected chi connectivity index (χ1v) is 14.1. The number of aryl methyl sites for hydroxylation is 1. The van der Waals surface area contributed by atoms with Gasteiger partial charge in [-0.05, 0) is 104 Å². The Bertz CT molecular complexity index is 1450. The number of benzene rings is 3. The predicted molar refractivity (Wildman–Crippen MR) is 165 cm³/mol. The van der Waals surface area contributed by atoms with Crippen molar-refractivity contribution in [3.05, 3.63) is 89.0 Å². The molecule has 1 atom stereocenters. The van der Waals surface area contributed by atoms with Gasteiger partial charge in [0, 0.05) is 23.6 Å². The summed E-state index contributed by atoms with van der Waals surface area (Å²) in [5.41, 5.74) is 19.6. The molecule has 0 aliphatic heterocycles. The van der Waals surface area contributed by atoms with Gasteiger partial charge in [-0.25, -0.2) is 11.4 Å². The quantitative estimate of drug-likeness (QED) is 0.0942. The van der Waals surface area contributed by atoms with E-state index in [0.29, 0.717) is 35.7 Å². The molecular formula is C32H38N8O2. The highest BCUT2D eigenvalue weighted by atomic mass is 16.2. The minimum atomic E-state index is -0.778. The molecule has 3 aromatic carbocycles. The highest BCUT2D eigenvalue weighted by Gasteiger charge is 2.29. The van der Waals surface area contributed by atoms with Gasteiger partial charge in [0.15, 0.2) is 5.84 Å². The Kier molecular flexibility index (Phi) is 10.3. The Hall–Kier alpha value is -4.72. The van der Waals surface area contributed by atoms with Crippen molar-refractivity contribution in [1.29, 1.82) is 5.26 Å². The van der Waals surface area contributed by atoms with Gasteiger partial charge >= 0.3 is 0 Å². The number of hydrogen-bond donors (Lipinski definition) is 6. The van der Waals surface area contributed by atoms with Gasteiger partial charge < -0.3 is 22.1 Å². The van der Waals surface area contributed by atoms with E-state index in [2.05, 4.69) is 27.3 Å². The van der Waals surface area contributed by atoms with Gasteiger partial charge in [0.1, 0.15) is 6.04 Å². The zero-order valence-electron chi connectivity index (χ0n) is 23.8. The lowest BCUT2D eigenvalue weighted by Gasteiger charge is -2.28. The number of hydrazone groups is 1. The minimum Gasteiger partial charge on any atom is -0.382 e. The van der Waals surface area contributed by atoms with Gasteiger partial charge in [0.05, 0.1) is 11.6 Å². The van der Waals surface area contributed by atoms with E-state index < -0.39 is 6.04 Å². The van der Waals surface area contributed by atoms with Crippen molar-refractivity contribution in [1.82, 2.24) is 10.9 Å². The fraction of sp³-hybridized carbons (Fsp3) is 0.312. The zero-order chi connectivity index (χ0) is 30.1. The second kappa shape index (κ2) is 14.3. The maximum absolute atomic E-state index is 13.5. The fourth-order valence-electron chi connectivity index (χ4n) is 5.36. The van der Waals surface area contributed by atoms with E-state index in [1.54, 1.807) is 30.3 Å². The van der Waals surface area contributed by atoms with Crippen LogP contribution in [0.2, 0.25) is 0 Å². The number of rotatable bonds is 10. The van der Waals surface area contributed by atoms with E-state index >= 15 is 0 Å². The van der Waals surface area contributed by atoms with Crippen LogP contribution in [-0.2, 0) is 16.0 Å². The average Bonchev–Trinajstić information content (AvgIpc) is 3.01. The number of hydrogen-bond acceptors (Lipinski definition) is 7. The molecule has 1 aliphatic rings. The van der Waals surface area contributed by atoms with Gasteiger partial charge in [-0.3, -0.25) is 9.59 Å². The third kappa shape index (κ3) is 7.72. The second-order valence-corrected chi connectivity index (χ2v) is 10.7. The maximum Gasteiger partial charge on any atom is 0.247 e. The molecule has 9 N–H and O–H groups in total. The number of nitrogens with two attached hydrogens (primary N) is 3. The van der Waals surface area contributed by atoms with E-state index in [0.717, 1.165) is 47.9 Å². The molecule has 0 aromatic heterocycles. The van der Waals surface area contributed by atoms with Crippen LogP contribution in [0, 0.1) is 30.1 Å². The van der Waals surface area contributed by atoms with Crippen LogP contribution in [0.25, 0.3) is 11.1 Å². The molecule has 10 nitrogen and oxygen atoms in total. The standard InChI is InChI=1S/C32H38N8O2/c1-20-16-23(19-34)6-15-28(20)24-7-2-21(3-8-24)17-29(38-31(41)26-9-4-22(18-33)5-10-26)32(42)37-27-13-11-25(12-14-27)30(35)39-40-36/h2-3,6-8,11-16,22,26,29,40H,4-5,9-10,17-18,33,36H2,1H3,(H2,35,39)(H,37,42)(H,38,41). The molecule has 42 heavy (non-hydrogen) atoms. The first-order chi connectivity index (χ1) is 20.3. The predicted octanol–water partition coefficient (Wildman–Crippen LogP) is 3.05. The maximum atomic E-state index is 13.5. The third-order valence-corrected chi connectivity index (χ3v) is 7.88. The normalized spacial score (nSPS) is 17.5. The first kappa shape index (κ1) is 30.2. The van der Waals surface area contributed by atoms with Crippen LogP contribution in [0.4, 0.5) is 5.69 Å². The minimum absolute atomic E-state index is 0.107. The lowest BCUT2D eigenvalue weighted by atomic mass is 9.81. The van der Waals surface area contributed by atoms with Gasteiger partial charge in [-0.1, -0.05) is 30.3 Å². The van der Waals surface area contributed by atoms with Crippen LogP contribution < -0.4 is 33.5 Å². The van der Waals surface area contributed by atoms with Gasteiger partial charge in [-0.15, -0.1) is 5.10 Å². The highest BCUT2D eigenvalue weighted by Crippen LogP contribution is 2.29. The number of nitriles is 1. The van der Waals surface area contributed by atoms with Crippen LogP contribution >= 0.6 is 0 Å². The number of carbonyl (C=O) groups is 2. The molecule has 4 rings (SSSR count). The molecule has 0 spiro atoms. The zero-order valence-corrected chi connectivity index (χ0v) is 23.8. The van der Waals surface area contributed by atoms with Crippen molar-refractivity contribution in [2.75, 3.05) is 11.9 Å². The topological polar surface area (TPSA) is 184 Å². The van der Waals surface area contributed by atoms with Crippen molar-refractivity contribution in [3.63, 3.8) is 0 Å². The molecule has 0 saturated heterocycles. The summed E-state index contributed by atoms with van der Waals surface area (Å²) in [5, 5.41) is 18.9. The summed E-state index contributed by atoms with van der Waals surface area (Å²) in [6, 6.07) is 21.8. The summed E-state index contributed by atoms with van der Waals surface area (Å²) < 4.78 is 0. The number of anilines is 1. The van der Waals surface area contributed by atoms with Crippen LogP contribution in [0.1, 0.15) is 47.9 Å². The van der Waals surface area contributed by atoms with Crippen LogP contribution in [0.5, 0.6) is 0 Å². The summed E-state index contributed by atoms with van der Waals surface area (Å²) in [5.74, 6) is 5.30. The summed E-state index contributed by atoms with van der Waals surface area (Å²) in [4.78, 5) is 26.8. The van der Waals surface area contributed by atoms with Crippen LogP contribution in [-0.4, -0.2) is 30.2 Å². The molecule has 1 aliphatic carbocycles. The summed E-state index contributed by atoms with van der Waals surface area (Å²) >= 11 is 0. The lowest BCUT2D eigenvalue weighted by Crippen LogP contribution is -2.48. The Balaban J connectivity index is 1.50. The summed E-state index contributed by atoms with van der Waals surface area (Å²) in [6.07, 6.45) is 3.69. The number of nitrogens with one attached hydrogen (secondary N) is 3. The number of hydrazine groups is 1. The van der Waals surface area contributed by atoms with E-state index in [4.69, 9.17) is 17.3 Å². The molecule has 2 amide bonds. The molecule has 1 saturated carbocycles. The van der Waals surface area contributed by atoms with Crippen LogP contribution in [0.15, 0.2) is 71.8 Å². The average molecular weight is 567 g/mol. The Morgan fingerprint density at radius 3 is 2.31 bits per heavy atom. The van der Waals surface area contributed by atoms with Crippen molar-refractivity contribution in [3.8, 4) is 17.2 Å². The number of amides is 2. The van der Waals surface area contributed by atoms with Crippen LogP contribution in [0.3, 0.4) is 0 Å². The third-order valence-electron chi connectivity index (χ3n) is 7.88. The van der Waals surface area contributed by atoms with Gasteiger partial charge in [0.25, 0.3) is 0 Å². The molecule has 218 valence electrons. The monoisotopic (exact) mass is 566 g/mol. The molecule has 1 unspecified atom stereocenters. The van der Waals surface area contributed by atoms with Gasteiger partial charge in [-0.2, -0.15) is 5.26 Å². The SMILES string of the molecule is Cc1cc(C#N)ccc1-c1ccc(CC(NC(=O)C2CCC(CN)CC2)C(=O)Nc2ccc(C(N)=NNN)cc2)cc1. The van der Waals surface area contributed by atoms with E-state index in [9.17, 15) is 14.9 Å². The smallest absolute Gasteiger partial charge is 0.247 e. The van der Waals surface area contributed by atoms with Gasteiger partial charge in [0.2, 0.25) is 11.8 Å². The lowest BCUT2D eigenvalue weighted by molar-refractivity contribution is -0.130. The number of amidine groups is 1. The van der Waals surface area contributed by atoms with E-state index in [1.165, 1.54) is 0 Å². The van der Waals surface area contributed by atoms with E-state index in [1.807, 2.05) is 43.3 Å². The Labute approximate surface area is 246 Å². The Morgan fingerprint density at radius 1 is 1.02 bits per heavy atom. The van der Waals surface area contributed by atoms with Crippen molar-refractivity contribution >= 4 is 23.3 Å². The fourth-order valence-corrected chi connectivity index (χ4v) is 5.36. The van der Waals surface area contributed by atoms with Crippen molar-refractivity contribution in [2.24, 2.45) is 34.2 Å². The first-order valence-electron chi connectivity index (χ1n) is 14.1. The molecule has 0 bridgehead atoms. The number of nitrogens with zero attached hydrogens (tertiary/aromatic N) is 2. The van der Waals surface area contributed by atoms with E-state index in [-0.39, 0.29) is 23.6 Å². The molecule has 10 heteroatoms. The van der Waals surface area contributed by atoms with Crippen molar-refractivity contribution < 1.29 is 9.59 Å². The molecular weight excluding hydrogens is 528 g/mol. The van der Waals surface area contributed by atoms with Crippen molar-refractivity contribution in [2.45, 2.75) is 45.1 Å². The molecule has 3 aromatic rings. The largest absolute Gasteiger partial charge is 0.382 e.